The van der Waals surface area contributed by atoms with Crippen molar-refractivity contribution in [3.8, 4) is 0 Å². The Balaban J connectivity index is 0.00000108. The van der Waals surface area contributed by atoms with Crippen LogP contribution in [-0.4, -0.2) is 15.6 Å². The molecule has 0 aromatic carbocycles. The lowest BCUT2D eigenvalue weighted by Gasteiger charge is -2.27. The first-order valence-corrected chi connectivity index (χ1v) is 6.64. The van der Waals surface area contributed by atoms with Gasteiger partial charge in [0.25, 0.3) is 0 Å². The highest BCUT2D eigenvalue weighted by Gasteiger charge is 2.24. The molecule has 17 heavy (non-hydrogen) atoms. The van der Waals surface area contributed by atoms with Crippen LogP contribution in [0.25, 0.3) is 0 Å². The van der Waals surface area contributed by atoms with E-state index in [4.69, 9.17) is 5.73 Å². The van der Waals surface area contributed by atoms with Crippen LogP contribution in [0, 0.1) is 0 Å². The van der Waals surface area contributed by atoms with Gasteiger partial charge in [-0.05, 0) is 25.7 Å². The predicted octanol–water partition coefficient (Wildman–Crippen LogP) is 2.63. The summed E-state index contributed by atoms with van der Waals surface area (Å²) in [5.74, 6) is 2.03. The molecule has 0 spiro atoms. The van der Waals surface area contributed by atoms with Crippen LogP contribution in [0.1, 0.15) is 56.0 Å². The lowest BCUT2D eigenvalue weighted by Crippen LogP contribution is -2.33. The molecule has 2 N–H and O–H groups in total. The van der Waals surface area contributed by atoms with Crippen molar-refractivity contribution in [2.45, 2.75) is 63.5 Å². The highest BCUT2D eigenvalue weighted by Crippen LogP contribution is 2.33. The largest absolute Gasteiger partial charge is 0.330 e. The summed E-state index contributed by atoms with van der Waals surface area (Å²) in [5, 5.41) is 0. The van der Waals surface area contributed by atoms with Gasteiger partial charge in [0.1, 0.15) is 5.82 Å². The summed E-state index contributed by atoms with van der Waals surface area (Å²) >= 11 is 0. The topological polar surface area (TPSA) is 43.8 Å². The molecule has 1 aromatic heterocycles. The van der Waals surface area contributed by atoms with Gasteiger partial charge >= 0.3 is 0 Å². The third-order valence-corrected chi connectivity index (χ3v) is 4.13. The Labute approximate surface area is 109 Å². The van der Waals surface area contributed by atoms with Gasteiger partial charge in [-0.3, -0.25) is 0 Å². The van der Waals surface area contributed by atoms with E-state index >= 15 is 0 Å². The predicted molar refractivity (Wildman–Crippen MR) is 71.6 cm³/mol. The zero-order chi connectivity index (χ0) is 11.0. The third kappa shape index (κ3) is 2.50. The summed E-state index contributed by atoms with van der Waals surface area (Å²) < 4.78 is 2.41. The van der Waals surface area contributed by atoms with Gasteiger partial charge < -0.3 is 10.3 Å². The quantitative estimate of drug-likeness (QED) is 0.838. The molecule has 2 aliphatic rings. The molecule has 1 fully saturated rings. The number of aromatic nitrogens is 2. The Hall–Kier alpha value is -0.540. The molecule has 1 unspecified atom stereocenters. The van der Waals surface area contributed by atoms with Crippen molar-refractivity contribution in [3.05, 3.63) is 17.7 Å². The number of nitrogens with two attached hydrogens (primary N) is 1. The van der Waals surface area contributed by atoms with Crippen molar-refractivity contribution in [3.63, 3.8) is 0 Å². The standard InChI is InChI=1S/C13H21N3.ClH/c14-11-6-7-12-8-15-13(16(12)9-11)10-4-2-1-3-5-10;/h8,10-11H,1-7,9,14H2;1H. The average Bonchev–Trinajstić information content (AvgIpc) is 2.73. The third-order valence-electron chi connectivity index (χ3n) is 4.13. The van der Waals surface area contributed by atoms with Gasteiger partial charge in [-0.15, -0.1) is 12.4 Å². The fraction of sp³-hybridized carbons (Fsp3) is 0.769. The van der Waals surface area contributed by atoms with Crippen LogP contribution in [0.5, 0.6) is 0 Å². The molecule has 96 valence electrons. The van der Waals surface area contributed by atoms with Crippen molar-refractivity contribution in [2.75, 3.05) is 0 Å². The minimum atomic E-state index is 0. The van der Waals surface area contributed by atoms with Crippen LogP contribution in [0.15, 0.2) is 6.20 Å². The number of hydrogen-bond donors (Lipinski definition) is 1. The molecule has 1 aliphatic carbocycles. The van der Waals surface area contributed by atoms with Crippen molar-refractivity contribution in [1.29, 1.82) is 0 Å². The summed E-state index contributed by atoms with van der Waals surface area (Å²) in [6.45, 7) is 0.987. The molecule has 3 rings (SSSR count). The molecule has 1 aromatic rings. The molecular formula is C13H22ClN3. The van der Waals surface area contributed by atoms with Gasteiger partial charge in [-0.25, -0.2) is 4.98 Å². The van der Waals surface area contributed by atoms with Gasteiger partial charge in [-0.1, -0.05) is 19.3 Å². The van der Waals surface area contributed by atoms with E-state index < -0.39 is 0 Å². The first-order valence-electron chi connectivity index (χ1n) is 6.64. The zero-order valence-electron chi connectivity index (χ0n) is 10.3. The van der Waals surface area contributed by atoms with Crippen molar-refractivity contribution < 1.29 is 0 Å². The van der Waals surface area contributed by atoms with Crippen LogP contribution in [0.2, 0.25) is 0 Å². The summed E-state index contributed by atoms with van der Waals surface area (Å²) in [6.07, 6.45) is 11.1. The number of aryl methyl sites for hydroxylation is 1. The Bertz CT molecular complexity index is 369. The van der Waals surface area contributed by atoms with Crippen LogP contribution < -0.4 is 5.73 Å². The van der Waals surface area contributed by atoms with E-state index in [-0.39, 0.29) is 12.4 Å². The second kappa shape index (κ2) is 5.40. The Morgan fingerprint density at radius 1 is 1.18 bits per heavy atom. The Morgan fingerprint density at radius 2 is 1.94 bits per heavy atom. The van der Waals surface area contributed by atoms with E-state index in [1.165, 1.54) is 43.6 Å². The van der Waals surface area contributed by atoms with Crippen molar-refractivity contribution >= 4 is 12.4 Å². The van der Waals surface area contributed by atoms with Gasteiger partial charge in [-0.2, -0.15) is 0 Å². The highest BCUT2D eigenvalue weighted by atomic mass is 35.5. The summed E-state index contributed by atoms with van der Waals surface area (Å²) in [6, 6.07) is 0.337. The number of nitrogens with zero attached hydrogens (tertiary/aromatic N) is 2. The second-order valence-electron chi connectivity index (χ2n) is 5.35. The normalized spacial score (nSPS) is 25.1. The molecule has 0 saturated heterocycles. The number of fused-ring (bicyclic) bond motifs is 1. The molecule has 4 heteroatoms. The van der Waals surface area contributed by atoms with Gasteiger partial charge in [0.15, 0.2) is 0 Å². The van der Waals surface area contributed by atoms with E-state index in [2.05, 4.69) is 15.7 Å². The number of hydrogen-bond acceptors (Lipinski definition) is 2. The SMILES string of the molecule is Cl.NC1CCc2cnc(C3CCCCC3)n2C1. The fourth-order valence-electron chi connectivity index (χ4n) is 3.18. The first-order chi connectivity index (χ1) is 7.84. The fourth-order valence-corrected chi connectivity index (χ4v) is 3.18. The number of halogens is 1. The molecule has 1 saturated carbocycles. The zero-order valence-corrected chi connectivity index (χ0v) is 11.1. The first kappa shape index (κ1) is 12.9. The Morgan fingerprint density at radius 3 is 2.71 bits per heavy atom. The summed E-state index contributed by atoms with van der Waals surface area (Å²) in [5.41, 5.74) is 7.46. The second-order valence-corrected chi connectivity index (χ2v) is 5.35. The lowest BCUT2D eigenvalue weighted by atomic mass is 9.88. The lowest BCUT2D eigenvalue weighted by molar-refractivity contribution is 0.389. The van der Waals surface area contributed by atoms with E-state index in [1.54, 1.807) is 0 Å². The van der Waals surface area contributed by atoms with Gasteiger partial charge in [0, 0.05) is 30.4 Å². The maximum Gasteiger partial charge on any atom is 0.112 e. The van der Waals surface area contributed by atoms with Crippen LogP contribution in [0.3, 0.4) is 0 Å². The van der Waals surface area contributed by atoms with Crippen LogP contribution >= 0.6 is 12.4 Å². The molecule has 1 atom stereocenters. The van der Waals surface area contributed by atoms with E-state index in [1.807, 2.05) is 0 Å². The summed E-state index contributed by atoms with van der Waals surface area (Å²) in [7, 11) is 0. The smallest absolute Gasteiger partial charge is 0.112 e. The monoisotopic (exact) mass is 255 g/mol. The molecule has 1 aliphatic heterocycles. The minimum absolute atomic E-state index is 0. The van der Waals surface area contributed by atoms with E-state index in [9.17, 15) is 0 Å². The van der Waals surface area contributed by atoms with Gasteiger partial charge in [0.05, 0.1) is 0 Å². The minimum Gasteiger partial charge on any atom is -0.330 e. The van der Waals surface area contributed by atoms with Gasteiger partial charge in [0.2, 0.25) is 0 Å². The number of rotatable bonds is 1. The van der Waals surface area contributed by atoms with Crippen LogP contribution in [0.4, 0.5) is 0 Å². The number of imidazole rings is 1. The molecular weight excluding hydrogens is 234 g/mol. The van der Waals surface area contributed by atoms with E-state index in [0.29, 0.717) is 12.0 Å². The molecule has 0 radical (unpaired) electrons. The maximum absolute atomic E-state index is 6.06. The van der Waals surface area contributed by atoms with Crippen molar-refractivity contribution in [1.82, 2.24) is 9.55 Å². The maximum atomic E-state index is 6.06. The highest BCUT2D eigenvalue weighted by molar-refractivity contribution is 5.85. The van der Waals surface area contributed by atoms with Crippen molar-refractivity contribution in [2.24, 2.45) is 5.73 Å². The van der Waals surface area contributed by atoms with Crippen LogP contribution in [-0.2, 0) is 13.0 Å². The van der Waals surface area contributed by atoms with E-state index in [0.717, 1.165) is 19.4 Å². The molecule has 0 amide bonds. The molecule has 3 nitrogen and oxygen atoms in total. The average molecular weight is 256 g/mol. The Kier molecular flexibility index (Phi) is 4.10. The molecule has 0 bridgehead atoms. The summed E-state index contributed by atoms with van der Waals surface area (Å²) in [4.78, 5) is 4.66. The molecule has 2 heterocycles.